The first-order valence-corrected chi connectivity index (χ1v) is 7.30. The van der Waals surface area contributed by atoms with Gasteiger partial charge >= 0.3 is 6.18 Å². The van der Waals surface area contributed by atoms with Crippen molar-refractivity contribution in [1.82, 2.24) is 5.32 Å². The Balaban J connectivity index is 2.92. The summed E-state index contributed by atoms with van der Waals surface area (Å²) in [5.74, 6) is -0.932. The molecule has 0 aliphatic rings. The Hall–Kier alpha value is -1.77. The van der Waals surface area contributed by atoms with Crippen LogP contribution in [0, 0.1) is 6.92 Å². The van der Waals surface area contributed by atoms with E-state index in [1.165, 1.54) is 18.2 Å². The number of carbonyl (C=O) groups excluding carboxylic acids is 1. The lowest BCUT2D eigenvalue weighted by Crippen LogP contribution is -2.33. The molecule has 0 saturated heterocycles. The quantitative estimate of drug-likeness (QED) is 0.888. The van der Waals surface area contributed by atoms with Crippen LogP contribution in [0.3, 0.4) is 0 Å². The van der Waals surface area contributed by atoms with Gasteiger partial charge in [0.25, 0.3) is 5.91 Å². The molecule has 1 amide bonds. The van der Waals surface area contributed by atoms with Gasteiger partial charge in [-0.3, -0.25) is 9.52 Å². The molecule has 5 nitrogen and oxygen atoms in total. The fraction of sp³-hybridized carbons (Fsp3) is 0.364. The number of alkyl halides is 3. The lowest BCUT2D eigenvalue weighted by Gasteiger charge is -2.11. The molecule has 0 fully saturated rings. The number of amides is 1. The maximum absolute atomic E-state index is 12.0. The third-order valence-corrected chi connectivity index (χ3v) is 2.84. The van der Waals surface area contributed by atoms with E-state index in [2.05, 4.69) is 4.72 Å². The van der Waals surface area contributed by atoms with Gasteiger partial charge in [-0.1, -0.05) is 6.07 Å². The number of anilines is 1. The second kappa shape index (κ2) is 5.70. The van der Waals surface area contributed by atoms with Gasteiger partial charge in [0.1, 0.15) is 6.54 Å². The highest BCUT2D eigenvalue weighted by Crippen LogP contribution is 2.18. The van der Waals surface area contributed by atoms with E-state index in [9.17, 15) is 26.4 Å². The summed E-state index contributed by atoms with van der Waals surface area (Å²) in [6.45, 7) is 0.152. The number of aryl methyl sites for hydroxylation is 1. The molecule has 0 heterocycles. The number of nitrogens with one attached hydrogen (secondary N) is 2. The van der Waals surface area contributed by atoms with Crippen LogP contribution in [-0.2, 0) is 10.0 Å². The predicted octanol–water partition coefficient (Wildman–Crippen LogP) is 1.66. The fourth-order valence-corrected chi connectivity index (χ4v) is 1.97. The lowest BCUT2D eigenvalue weighted by molar-refractivity contribution is -0.123. The number of sulfonamides is 1. The molecule has 0 spiro atoms. The molecule has 0 aromatic heterocycles. The van der Waals surface area contributed by atoms with E-state index in [1.54, 1.807) is 12.2 Å². The second-order valence-electron chi connectivity index (χ2n) is 4.20. The molecular formula is C11H13F3N2O3S. The molecule has 20 heavy (non-hydrogen) atoms. The summed E-state index contributed by atoms with van der Waals surface area (Å²) in [6, 6.07) is 3.94. The van der Waals surface area contributed by atoms with Crippen molar-refractivity contribution in [2.24, 2.45) is 0 Å². The normalized spacial score (nSPS) is 12.1. The first-order chi connectivity index (χ1) is 8.98. The first kappa shape index (κ1) is 16.3. The van der Waals surface area contributed by atoms with Gasteiger partial charge < -0.3 is 5.32 Å². The highest BCUT2D eigenvalue weighted by atomic mass is 32.2. The van der Waals surface area contributed by atoms with Crippen LogP contribution in [0.4, 0.5) is 18.9 Å². The van der Waals surface area contributed by atoms with E-state index in [1.807, 2.05) is 0 Å². The molecule has 1 rings (SSSR count). The van der Waals surface area contributed by atoms with Crippen LogP contribution in [0.15, 0.2) is 18.2 Å². The summed E-state index contributed by atoms with van der Waals surface area (Å²) in [5, 5.41) is 1.71. The Morgan fingerprint density at radius 3 is 2.40 bits per heavy atom. The average molecular weight is 310 g/mol. The van der Waals surface area contributed by atoms with Crippen LogP contribution in [0.2, 0.25) is 0 Å². The van der Waals surface area contributed by atoms with Crippen molar-refractivity contribution in [2.75, 3.05) is 17.5 Å². The maximum Gasteiger partial charge on any atom is 0.405 e. The number of rotatable bonds is 4. The molecule has 0 radical (unpaired) electrons. The monoisotopic (exact) mass is 310 g/mol. The molecule has 0 atom stereocenters. The lowest BCUT2D eigenvalue weighted by atomic mass is 10.1. The Morgan fingerprint density at radius 1 is 1.30 bits per heavy atom. The average Bonchev–Trinajstić information content (AvgIpc) is 2.26. The van der Waals surface area contributed by atoms with Gasteiger partial charge in [0.05, 0.1) is 11.9 Å². The zero-order valence-corrected chi connectivity index (χ0v) is 11.5. The Bertz CT molecular complexity index is 612. The number of hydrogen-bond donors (Lipinski definition) is 2. The van der Waals surface area contributed by atoms with Gasteiger partial charge in [-0.15, -0.1) is 0 Å². The summed E-state index contributed by atoms with van der Waals surface area (Å²) >= 11 is 0. The maximum atomic E-state index is 12.0. The highest BCUT2D eigenvalue weighted by molar-refractivity contribution is 7.92. The second-order valence-corrected chi connectivity index (χ2v) is 5.95. The minimum Gasteiger partial charge on any atom is -0.343 e. The molecule has 0 unspecified atom stereocenters. The SMILES string of the molecule is Cc1ccc(C(=O)NCC(F)(F)F)cc1NS(C)(=O)=O. The highest BCUT2D eigenvalue weighted by Gasteiger charge is 2.28. The molecule has 112 valence electrons. The summed E-state index contributed by atoms with van der Waals surface area (Å²) in [6.07, 6.45) is -3.57. The minimum atomic E-state index is -4.51. The summed E-state index contributed by atoms with van der Waals surface area (Å²) in [7, 11) is -3.54. The summed E-state index contributed by atoms with van der Waals surface area (Å²) in [4.78, 5) is 11.5. The van der Waals surface area contributed by atoms with Crippen LogP contribution in [0.25, 0.3) is 0 Å². The number of halogens is 3. The van der Waals surface area contributed by atoms with Crippen LogP contribution >= 0.6 is 0 Å². The van der Waals surface area contributed by atoms with E-state index < -0.39 is 28.7 Å². The Labute approximate surface area is 114 Å². The molecule has 0 aliphatic carbocycles. The van der Waals surface area contributed by atoms with Crippen LogP contribution in [0.1, 0.15) is 15.9 Å². The van der Waals surface area contributed by atoms with Crippen LogP contribution < -0.4 is 10.0 Å². The van der Waals surface area contributed by atoms with Crippen molar-refractivity contribution < 1.29 is 26.4 Å². The van der Waals surface area contributed by atoms with Crippen molar-refractivity contribution in [2.45, 2.75) is 13.1 Å². The van der Waals surface area contributed by atoms with Gasteiger partial charge in [-0.25, -0.2) is 8.42 Å². The van der Waals surface area contributed by atoms with E-state index >= 15 is 0 Å². The number of carbonyl (C=O) groups is 1. The molecule has 2 N–H and O–H groups in total. The molecule has 1 aromatic carbocycles. The Morgan fingerprint density at radius 2 is 1.90 bits per heavy atom. The van der Waals surface area contributed by atoms with E-state index in [4.69, 9.17) is 0 Å². The van der Waals surface area contributed by atoms with Crippen molar-refractivity contribution >= 4 is 21.6 Å². The third-order valence-electron chi connectivity index (χ3n) is 2.24. The third kappa shape index (κ3) is 5.47. The molecule has 9 heteroatoms. The molecule has 1 aromatic rings. The number of hydrogen-bond acceptors (Lipinski definition) is 3. The minimum absolute atomic E-state index is 0.0639. The molecule has 0 saturated carbocycles. The molecule has 0 aliphatic heterocycles. The van der Waals surface area contributed by atoms with Crippen molar-refractivity contribution in [1.29, 1.82) is 0 Å². The van der Waals surface area contributed by atoms with Gasteiger partial charge in [-0.2, -0.15) is 13.2 Å². The topological polar surface area (TPSA) is 75.3 Å². The van der Waals surface area contributed by atoms with Crippen molar-refractivity contribution in [3.05, 3.63) is 29.3 Å². The zero-order chi connectivity index (χ0) is 15.6. The van der Waals surface area contributed by atoms with Gasteiger partial charge in [0.15, 0.2) is 0 Å². The van der Waals surface area contributed by atoms with E-state index in [0.29, 0.717) is 5.56 Å². The van der Waals surface area contributed by atoms with Gasteiger partial charge in [0, 0.05) is 5.56 Å². The zero-order valence-electron chi connectivity index (χ0n) is 10.7. The summed E-state index contributed by atoms with van der Waals surface area (Å²) < 4.78 is 60.4. The van der Waals surface area contributed by atoms with Crippen LogP contribution in [0.5, 0.6) is 0 Å². The largest absolute Gasteiger partial charge is 0.405 e. The molecular weight excluding hydrogens is 297 g/mol. The summed E-state index contributed by atoms with van der Waals surface area (Å²) in [5.41, 5.74) is 0.626. The van der Waals surface area contributed by atoms with Crippen LogP contribution in [-0.4, -0.2) is 33.3 Å². The van der Waals surface area contributed by atoms with E-state index in [-0.39, 0.29) is 11.3 Å². The first-order valence-electron chi connectivity index (χ1n) is 5.41. The van der Waals surface area contributed by atoms with Gasteiger partial charge in [-0.05, 0) is 24.6 Å². The van der Waals surface area contributed by atoms with E-state index in [0.717, 1.165) is 6.26 Å². The van der Waals surface area contributed by atoms with Gasteiger partial charge in [0.2, 0.25) is 10.0 Å². The van der Waals surface area contributed by atoms with Crippen molar-refractivity contribution in [3.8, 4) is 0 Å². The molecule has 0 bridgehead atoms. The smallest absolute Gasteiger partial charge is 0.343 e. The fourth-order valence-electron chi connectivity index (χ4n) is 1.36. The predicted molar refractivity (Wildman–Crippen MR) is 68.0 cm³/mol. The Kier molecular flexibility index (Phi) is 4.64. The van der Waals surface area contributed by atoms with Crippen molar-refractivity contribution in [3.63, 3.8) is 0 Å². The standard InChI is InChI=1S/C11H13F3N2O3S/c1-7-3-4-8(5-9(7)16-20(2,18)19)10(17)15-6-11(12,13)14/h3-5,16H,6H2,1-2H3,(H,15,17). The number of benzene rings is 1.